The van der Waals surface area contributed by atoms with Crippen LogP contribution in [0.4, 0.5) is 4.39 Å². The predicted octanol–water partition coefficient (Wildman–Crippen LogP) is 6.14. The van der Waals surface area contributed by atoms with Crippen LogP contribution in [0.5, 0.6) is 0 Å². The zero-order chi connectivity index (χ0) is 23.9. The molecule has 0 atom stereocenters. The van der Waals surface area contributed by atoms with Crippen molar-refractivity contribution in [2.75, 3.05) is 13.1 Å². The number of hydrogen-bond donors (Lipinski definition) is 0. The fourth-order valence-corrected chi connectivity index (χ4v) is 4.32. The number of aromatic nitrogens is 2. The van der Waals surface area contributed by atoms with E-state index in [1.165, 1.54) is 6.07 Å². The van der Waals surface area contributed by atoms with Crippen molar-refractivity contribution in [3.8, 4) is 11.1 Å². The van der Waals surface area contributed by atoms with Crippen LogP contribution in [-0.4, -0.2) is 33.9 Å². The first kappa shape index (κ1) is 23.3. The number of benzene rings is 2. The van der Waals surface area contributed by atoms with Crippen LogP contribution in [0, 0.1) is 5.82 Å². The number of nitrogens with zero attached hydrogens (tertiary/aromatic N) is 3. The van der Waals surface area contributed by atoms with E-state index in [9.17, 15) is 9.18 Å². The second kappa shape index (κ2) is 10.8. The molecule has 0 unspecified atom stereocenters. The standard InChI is InChI=1S/C29H28FN3O/c1-3-33(4-2)29(34)23-9-5-8-21(16-23)28-18-26(30)13-12-22(28)17-27(24-10-6-14-31-19-24)25-11-7-15-32-20-25/h5-16,18-20,27H,3-4,17H2,1-2H3. The van der Waals surface area contributed by atoms with Crippen molar-refractivity contribution in [3.05, 3.63) is 120 Å². The first-order valence-corrected chi connectivity index (χ1v) is 11.6. The summed E-state index contributed by atoms with van der Waals surface area (Å²) in [7, 11) is 0. The maximum atomic E-state index is 14.4. The number of pyridine rings is 2. The Hall–Kier alpha value is -3.86. The van der Waals surface area contributed by atoms with E-state index < -0.39 is 0 Å². The van der Waals surface area contributed by atoms with Crippen LogP contribution < -0.4 is 0 Å². The van der Waals surface area contributed by atoms with Gasteiger partial charge in [-0.3, -0.25) is 14.8 Å². The van der Waals surface area contributed by atoms with Crippen molar-refractivity contribution in [1.29, 1.82) is 0 Å². The van der Waals surface area contributed by atoms with Gasteiger partial charge in [-0.2, -0.15) is 0 Å². The average molecular weight is 454 g/mol. The summed E-state index contributed by atoms with van der Waals surface area (Å²) in [6.45, 7) is 5.21. The molecule has 2 heterocycles. The normalized spacial score (nSPS) is 10.9. The third-order valence-electron chi connectivity index (χ3n) is 6.14. The Morgan fingerprint density at radius 3 is 2.15 bits per heavy atom. The molecule has 0 bridgehead atoms. The minimum atomic E-state index is -0.307. The van der Waals surface area contributed by atoms with E-state index in [1.807, 2.05) is 68.7 Å². The van der Waals surface area contributed by atoms with Gasteiger partial charge in [-0.05, 0) is 84.5 Å². The van der Waals surface area contributed by atoms with Gasteiger partial charge in [0.2, 0.25) is 0 Å². The Kier molecular flexibility index (Phi) is 7.43. The van der Waals surface area contributed by atoms with E-state index in [0.29, 0.717) is 25.1 Å². The molecule has 4 rings (SSSR count). The lowest BCUT2D eigenvalue weighted by atomic mass is 9.85. The highest BCUT2D eigenvalue weighted by Crippen LogP contribution is 2.33. The maximum Gasteiger partial charge on any atom is 0.253 e. The van der Waals surface area contributed by atoms with Crippen molar-refractivity contribution >= 4 is 5.91 Å². The topological polar surface area (TPSA) is 46.1 Å². The molecule has 34 heavy (non-hydrogen) atoms. The van der Waals surface area contributed by atoms with Gasteiger partial charge in [0.25, 0.3) is 5.91 Å². The van der Waals surface area contributed by atoms with Gasteiger partial charge in [0.15, 0.2) is 0 Å². The molecule has 2 aromatic carbocycles. The molecular weight excluding hydrogens is 425 g/mol. The lowest BCUT2D eigenvalue weighted by Crippen LogP contribution is -2.30. The summed E-state index contributed by atoms with van der Waals surface area (Å²) < 4.78 is 14.4. The summed E-state index contributed by atoms with van der Waals surface area (Å²) in [4.78, 5) is 23.3. The van der Waals surface area contributed by atoms with E-state index in [2.05, 4.69) is 22.1 Å². The van der Waals surface area contributed by atoms with E-state index in [4.69, 9.17) is 0 Å². The summed E-state index contributed by atoms with van der Waals surface area (Å²) in [6.07, 6.45) is 7.88. The SMILES string of the molecule is CCN(CC)C(=O)c1cccc(-c2cc(F)ccc2CC(c2cccnc2)c2cccnc2)c1. The molecule has 0 aliphatic rings. The summed E-state index contributed by atoms with van der Waals surface area (Å²) in [5, 5.41) is 0. The monoisotopic (exact) mass is 453 g/mol. The molecule has 2 aromatic heterocycles. The van der Waals surface area contributed by atoms with Gasteiger partial charge in [0.1, 0.15) is 5.82 Å². The van der Waals surface area contributed by atoms with Crippen LogP contribution >= 0.6 is 0 Å². The molecule has 1 amide bonds. The van der Waals surface area contributed by atoms with Crippen molar-refractivity contribution in [2.24, 2.45) is 0 Å². The number of amides is 1. The third kappa shape index (κ3) is 5.20. The highest BCUT2D eigenvalue weighted by atomic mass is 19.1. The Labute approximate surface area is 200 Å². The van der Waals surface area contributed by atoms with Gasteiger partial charge in [-0.1, -0.05) is 30.3 Å². The minimum absolute atomic E-state index is 0.00657. The van der Waals surface area contributed by atoms with Gasteiger partial charge in [0, 0.05) is 49.4 Å². The number of rotatable bonds is 8. The Morgan fingerprint density at radius 1 is 0.882 bits per heavy atom. The van der Waals surface area contributed by atoms with Crippen LogP contribution in [0.2, 0.25) is 0 Å². The predicted molar refractivity (Wildman–Crippen MR) is 133 cm³/mol. The highest BCUT2D eigenvalue weighted by molar-refractivity contribution is 5.95. The molecule has 5 heteroatoms. The van der Waals surface area contributed by atoms with Crippen LogP contribution in [0.1, 0.15) is 46.8 Å². The fraction of sp³-hybridized carbons (Fsp3) is 0.207. The molecule has 0 aliphatic carbocycles. The average Bonchev–Trinajstić information content (AvgIpc) is 2.89. The number of halogens is 1. The first-order valence-electron chi connectivity index (χ1n) is 11.6. The largest absolute Gasteiger partial charge is 0.339 e. The van der Waals surface area contributed by atoms with Crippen LogP contribution in [0.3, 0.4) is 0 Å². The zero-order valence-electron chi connectivity index (χ0n) is 19.5. The molecule has 0 radical (unpaired) electrons. The molecule has 0 saturated heterocycles. The number of hydrogen-bond acceptors (Lipinski definition) is 3. The molecule has 172 valence electrons. The van der Waals surface area contributed by atoms with Crippen molar-refractivity contribution < 1.29 is 9.18 Å². The lowest BCUT2D eigenvalue weighted by molar-refractivity contribution is 0.0773. The van der Waals surface area contributed by atoms with Gasteiger partial charge >= 0.3 is 0 Å². The minimum Gasteiger partial charge on any atom is -0.339 e. The quantitative estimate of drug-likeness (QED) is 0.322. The van der Waals surface area contributed by atoms with Crippen LogP contribution in [0.15, 0.2) is 91.5 Å². The molecule has 0 aliphatic heterocycles. The molecule has 0 N–H and O–H groups in total. The summed E-state index contributed by atoms with van der Waals surface area (Å²) in [5.41, 5.74) is 5.34. The van der Waals surface area contributed by atoms with E-state index in [0.717, 1.165) is 27.8 Å². The second-order valence-electron chi connectivity index (χ2n) is 8.19. The number of carbonyl (C=O) groups is 1. The van der Waals surface area contributed by atoms with Gasteiger partial charge < -0.3 is 4.90 Å². The molecule has 0 spiro atoms. The molecular formula is C29H28FN3O. The fourth-order valence-electron chi connectivity index (χ4n) is 4.32. The van der Waals surface area contributed by atoms with Gasteiger partial charge in [0.05, 0.1) is 0 Å². The second-order valence-corrected chi connectivity index (χ2v) is 8.19. The smallest absolute Gasteiger partial charge is 0.253 e. The summed E-state index contributed by atoms with van der Waals surface area (Å²) >= 11 is 0. The summed E-state index contributed by atoms with van der Waals surface area (Å²) in [5.74, 6) is -0.320. The van der Waals surface area contributed by atoms with Crippen LogP contribution in [0.25, 0.3) is 11.1 Å². The van der Waals surface area contributed by atoms with Gasteiger partial charge in [-0.15, -0.1) is 0 Å². The lowest BCUT2D eigenvalue weighted by Gasteiger charge is -2.21. The van der Waals surface area contributed by atoms with E-state index in [1.54, 1.807) is 23.4 Å². The Bertz CT molecular complexity index is 1200. The number of carbonyl (C=O) groups excluding carboxylic acids is 1. The van der Waals surface area contributed by atoms with Gasteiger partial charge in [-0.25, -0.2) is 4.39 Å². The maximum absolute atomic E-state index is 14.4. The van der Waals surface area contributed by atoms with E-state index in [-0.39, 0.29) is 17.6 Å². The molecule has 0 fully saturated rings. The zero-order valence-corrected chi connectivity index (χ0v) is 19.5. The molecule has 0 saturated carbocycles. The van der Waals surface area contributed by atoms with Crippen molar-refractivity contribution in [3.63, 3.8) is 0 Å². The molecule has 4 nitrogen and oxygen atoms in total. The van der Waals surface area contributed by atoms with E-state index >= 15 is 0 Å². The Morgan fingerprint density at radius 2 is 1.56 bits per heavy atom. The molecule has 4 aromatic rings. The highest BCUT2D eigenvalue weighted by Gasteiger charge is 2.19. The Balaban J connectivity index is 1.76. The summed E-state index contributed by atoms with van der Waals surface area (Å²) in [6, 6.07) is 20.3. The first-order chi connectivity index (χ1) is 16.6. The van der Waals surface area contributed by atoms with Crippen LogP contribution in [-0.2, 0) is 6.42 Å². The third-order valence-corrected chi connectivity index (χ3v) is 6.14. The van der Waals surface area contributed by atoms with Crippen molar-refractivity contribution in [1.82, 2.24) is 14.9 Å². The van der Waals surface area contributed by atoms with Crippen molar-refractivity contribution in [2.45, 2.75) is 26.2 Å².